The molecule has 158 valence electrons. The topological polar surface area (TPSA) is 70.5 Å². The molecule has 30 heavy (non-hydrogen) atoms. The first-order valence-corrected chi connectivity index (χ1v) is 12.0. The Kier molecular flexibility index (Phi) is 5.80. The molecule has 0 atom stereocenters. The van der Waals surface area contributed by atoms with E-state index in [0.29, 0.717) is 4.90 Å². The molecule has 0 spiro atoms. The van der Waals surface area contributed by atoms with Crippen molar-refractivity contribution in [2.45, 2.75) is 42.9 Å². The summed E-state index contributed by atoms with van der Waals surface area (Å²) in [7, 11) is -3.72. The van der Waals surface area contributed by atoms with E-state index in [2.05, 4.69) is 9.88 Å². The normalized spacial score (nSPS) is 15.6. The van der Waals surface area contributed by atoms with E-state index in [0.717, 1.165) is 60.1 Å². The number of hydrogen-bond donors (Lipinski definition) is 1. The summed E-state index contributed by atoms with van der Waals surface area (Å²) in [6.45, 7) is 5.67. The molecular weight excluding hydrogens is 396 g/mol. The third kappa shape index (κ3) is 3.82. The van der Waals surface area contributed by atoms with E-state index in [1.807, 2.05) is 44.2 Å². The summed E-state index contributed by atoms with van der Waals surface area (Å²) in [5.74, 6) is 0.276. The average molecular weight is 425 g/mol. The van der Waals surface area contributed by atoms with Gasteiger partial charge in [-0.2, -0.15) is 0 Å². The van der Waals surface area contributed by atoms with Gasteiger partial charge in [0.25, 0.3) is 0 Å². The zero-order valence-electron chi connectivity index (χ0n) is 17.5. The SMILES string of the molecule is CCc1ccc(S(=O)(=O)c2cnc3ccc(C)cc3c2N2CCC(CO)CC2)cc1. The van der Waals surface area contributed by atoms with E-state index >= 15 is 0 Å². The molecule has 1 N–H and O–H groups in total. The van der Waals surface area contributed by atoms with Crippen LogP contribution >= 0.6 is 0 Å². The number of aliphatic hydroxyl groups is 1. The molecule has 0 unspecified atom stereocenters. The quantitative estimate of drug-likeness (QED) is 0.666. The van der Waals surface area contributed by atoms with E-state index in [4.69, 9.17) is 0 Å². The van der Waals surface area contributed by atoms with Crippen LogP contribution < -0.4 is 4.90 Å². The molecule has 0 amide bonds. The van der Waals surface area contributed by atoms with E-state index < -0.39 is 9.84 Å². The standard InChI is InChI=1S/C24H28N2O3S/c1-3-18-5-7-20(8-6-18)30(28,29)23-15-25-22-9-4-17(2)14-21(22)24(23)26-12-10-19(16-27)11-13-26/h4-9,14-15,19,27H,3,10-13,16H2,1-2H3. The molecule has 3 aromatic rings. The van der Waals surface area contributed by atoms with Gasteiger partial charge >= 0.3 is 0 Å². The summed E-state index contributed by atoms with van der Waals surface area (Å²) >= 11 is 0. The fourth-order valence-corrected chi connectivity index (χ4v) is 5.60. The van der Waals surface area contributed by atoms with Gasteiger partial charge in [-0.05, 0) is 61.9 Å². The van der Waals surface area contributed by atoms with Gasteiger partial charge < -0.3 is 10.0 Å². The monoisotopic (exact) mass is 424 g/mol. The van der Waals surface area contributed by atoms with Gasteiger partial charge in [-0.15, -0.1) is 0 Å². The highest BCUT2D eigenvalue weighted by atomic mass is 32.2. The number of anilines is 1. The fourth-order valence-electron chi connectivity index (χ4n) is 4.17. The number of nitrogens with zero attached hydrogens (tertiary/aromatic N) is 2. The molecule has 2 heterocycles. The number of hydrogen-bond acceptors (Lipinski definition) is 5. The van der Waals surface area contributed by atoms with E-state index in [1.54, 1.807) is 12.1 Å². The zero-order chi connectivity index (χ0) is 21.3. The van der Waals surface area contributed by atoms with Crippen molar-refractivity contribution in [2.75, 3.05) is 24.6 Å². The first-order chi connectivity index (χ1) is 14.4. The molecule has 0 saturated carbocycles. The lowest BCUT2D eigenvalue weighted by atomic mass is 9.97. The van der Waals surface area contributed by atoms with E-state index in [1.165, 1.54) is 6.20 Å². The smallest absolute Gasteiger partial charge is 0.210 e. The van der Waals surface area contributed by atoms with Crippen molar-refractivity contribution in [1.82, 2.24) is 4.98 Å². The Bertz CT molecular complexity index is 1150. The summed E-state index contributed by atoms with van der Waals surface area (Å²) < 4.78 is 27.3. The lowest BCUT2D eigenvalue weighted by Crippen LogP contribution is -2.35. The second kappa shape index (κ2) is 8.36. The maximum atomic E-state index is 13.6. The van der Waals surface area contributed by atoms with Crippen LogP contribution in [0.15, 0.2) is 58.5 Å². The van der Waals surface area contributed by atoms with Gasteiger partial charge in [0.05, 0.1) is 16.1 Å². The molecule has 1 fully saturated rings. The number of pyridine rings is 1. The van der Waals surface area contributed by atoms with Crippen molar-refractivity contribution in [3.8, 4) is 0 Å². The molecule has 1 aliphatic rings. The highest BCUT2D eigenvalue weighted by Gasteiger charge is 2.29. The van der Waals surface area contributed by atoms with Gasteiger partial charge in [0.1, 0.15) is 4.90 Å². The molecule has 0 radical (unpaired) electrons. The third-order valence-corrected chi connectivity index (χ3v) is 7.85. The molecule has 1 aliphatic heterocycles. The fraction of sp³-hybridized carbons (Fsp3) is 0.375. The van der Waals surface area contributed by atoms with Gasteiger partial charge in [-0.25, -0.2) is 8.42 Å². The average Bonchev–Trinajstić information content (AvgIpc) is 2.78. The first-order valence-electron chi connectivity index (χ1n) is 10.5. The van der Waals surface area contributed by atoms with Crippen LogP contribution in [0.5, 0.6) is 0 Å². The molecule has 0 aliphatic carbocycles. The first kappa shape index (κ1) is 20.8. The molecule has 1 aromatic heterocycles. The van der Waals surface area contributed by atoms with Crippen LogP contribution in [0.4, 0.5) is 5.69 Å². The lowest BCUT2D eigenvalue weighted by Gasteiger charge is -2.34. The minimum absolute atomic E-state index is 0.180. The molecule has 0 bridgehead atoms. The number of fused-ring (bicyclic) bond motifs is 1. The Morgan fingerprint density at radius 1 is 1.10 bits per heavy atom. The Morgan fingerprint density at radius 2 is 1.80 bits per heavy atom. The predicted molar refractivity (Wildman–Crippen MR) is 120 cm³/mol. The highest BCUT2D eigenvalue weighted by Crippen LogP contribution is 2.38. The van der Waals surface area contributed by atoms with E-state index in [9.17, 15) is 13.5 Å². The number of aromatic nitrogens is 1. The summed E-state index contributed by atoms with van der Waals surface area (Å²) in [6.07, 6.45) is 4.06. The van der Waals surface area contributed by atoms with Crippen LogP contribution in [-0.4, -0.2) is 38.2 Å². The van der Waals surface area contributed by atoms with Crippen molar-refractivity contribution in [3.63, 3.8) is 0 Å². The van der Waals surface area contributed by atoms with E-state index in [-0.39, 0.29) is 17.4 Å². The molecule has 1 saturated heterocycles. The van der Waals surface area contributed by atoms with Crippen LogP contribution in [0, 0.1) is 12.8 Å². The molecule has 6 heteroatoms. The summed E-state index contributed by atoms with van der Waals surface area (Å²) in [5, 5.41) is 10.4. The second-order valence-electron chi connectivity index (χ2n) is 8.11. The van der Waals surface area contributed by atoms with Crippen LogP contribution in [-0.2, 0) is 16.3 Å². The van der Waals surface area contributed by atoms with Gasteiger partial charge in [0, 0.05) is 31.3 Å². The van der Waals surface area contributed by atoms with Gasteiger partial charge in [0.2, 0.25) is 9.84 Å². The Hall–Kier alpha value is -2.44. The van der Waals surface area contributed by atoms with Gasteiger partial charge in [-0.3, -0.25) is 4.98 Å². The minimum Gasteiger partial charge on any atom is -0.396 e. The third-order valence-electron chi connectivity index (χ3n) is 6.08. The minimum atomic E-state index is -3.72. The number of rotatable bonds is 5. The zero-order valence-corrected chi connectivity index (χ0v) is 18.3. The number of sulfone groups is 1. The molecule has 2 aromatic carbocycles. The molecule has 4 rings (SSSR count). The van der Waals surface area contributed by atoms with Crippen LogP contribution in [0.25, 0.3) is 10.9 Å². The van der Waals surface area contributed by atoms with Gasteiger partial charge in [-0.1, -0.05) is 30.7 Å². The van der Waals surface area contributed by atoms with Crippen molar-refractivity contribution < 1.29 is 13.5 Å². The van der Waals surface area contributed by atoms with Crippen molar-refractivity contribution in [3.05, 3.63) is 59.8 Å². The highest BCUT2D eigenvalue weighted by molar-refractivity contribution is 7.91. The number of aliphatic hydroxyl groups excluding tert-OH is 1. The largest absolute Gasteiger partial charge is 0.396 e. The maximum absolute atomic E-state index is 13.6. The Labute approximate surface area is 178 Å². The Balaban J connectivity index is 1.88. The van der Waals surface area contributed by atoms with Crippen molar-refractivity contribution >= 4 is 26.4 Å². The van der Waals surface area contributed by atoms with Crippen molar-refractivity contribution in [1.29, 1.82) is 0 Å². The second-order valence-corrected chi connectivity index (χ2v) is 10.0. The number of aryl methyl sites for hydroxylation is 2. The lowest BCUT2D eigenvalue weighted by molar-refractivity contribution is 0.203. The van der Waals surface area contributed by atoms with Crippen LogP contribution in [0.3, 0.4) is 0 Å². The van der Waals surface area contributed by atoms with Crippen molar-refractivity contribution in [2.24, 2.45) is 5.92 Å². The predicted octanol–water partition coefficient (Wildman–Crippen LogP) is 4.15. The summed E-state index contributed by atoms with van der Waals surface area (Å²) in [4.78, 5) is 7.19. The summed E-state index contributed by atoms with van der Waals surface area (Å²) in [5.41, 5.74) is 3.70. The maximum Gasteiger partial charge on any atom is 0.210 e. The van der Waals surface area contributed by atoms with Crippen LogP contribution in [0.2, 0.25) is 0 Å². The Morgan fingerprint density at radius 3 is 2.43 bits per heavy atom. The molecular formula is C24H28N2O3S. The number of piperidine rings is 1. The molecule has 5 nitrogen and oxygen atoms in total. The number of benzene rings is 2. The van der Waals surface area contributed by atoms with Crippen LogP contribution in [0.1, 0.15) is 30.9 Å². The summed E-state index contributed by atoms with van der Waals surface area (Å²) in [6, 6.07) is 13.1. The van der Waals surface area contributed by atoms with Gasteiger partial charge in [0.15, 0.2) is 0 Å².